The van der Waals surface area contributed by atoms with Crippen LogP contribution in [0.2, 0.25) is 10.0 Å². The zero-order chi connectivity index (χ0) is 21.8. The Morgan fingerprint density at radius 2 is 1.77 bits per heavy atom. The summed E-state index contributed by atoms with van der Waals surface area (Å²) in [6.07, 6.45) is 1.72. The Kier molecular flexibility index (Phi) is 6.75. The quantitative estimate of drug-likeness (QED) is 0.547. The van der Waals surface area contributed by atoms with Crippen LogP contribution < -0.4 is 4.74 Å². The number of carbonyl (C=O) groups is 1. The first-order chi connectivity index (χ1) is 15.0. The summed E-state index contributed by atoms with van der Waals surface area (Å²) in [7, 11) is 0. The molecule has 0 N–H and O–H groups in total. The maximum atomic E-state index is 13.2. The Bertz CT molecular complexity index is 1050. The number of rotatable bonds is 6. The fourth-order valence-corrected chi connectivity index (χ4v) is 3.73. The number of amides is 1. The molecule has 1 amide bonds. The van der Waals surface area contributed by atoms with E-state index in [1.54, 1.807) is 52.2 Å². The van der Waals surface area contributed by atoms with Gasteiger partial charge in [0.1, 0.15) is 11.6 Å². The van der Waals surface area contributed by atoms with Crippen molar-refractivity contribution in [1.82, 2.24) is 19.6 Å². The van der Waals surface area contributed by atoms with Crippen LogP contribution in [0.3, 0.4) is 0 Å². The molecule has 3 aromatic rings. The van der Waals surface area contributed by atoms with Crippen molar-refractivity contribution in [2.75, 3.05) is 26.2 Å². The minimum absolute atomic E-state index is 0.107. The first-order valence-electron chi connectivity index (χ1n) is 9.85. The van der Waals surface area contributed by atoms with Crippen molar-refractivity contribution in [3.05, 3.63) is 81.8 Å². The molecule has 9 heteroatoms. The number of ether oxygens (including phenoxy) is 1. The van der Waals surface area contributed by atoms with Crippen molar-refractivity contribution < 1.29 is 13.9 Å². The van der Waals surface area contributed by atoms with Gasteiger partial charge in [0, 0.05) is 49.0 Å². The molecule has 2 heterocycles. The smallest absolute Gasteiger partial charge is 0.274 e. The van der Waals surface area contributed by atoms with Gasteiger partial charge >= 0.3 is 0 Å². The number of benzene rings is 2. The van der Waals surface area contributed by atoms with Crippen LogP contribution in [0.15, 0.2) is 54.7 Å². The van der Waals surface area contributed by atoms with E-state index >= 15 is 0 Å². The molecule has 2 aromatic carbocycles. The van der Waals surface area contributed by atoms with Crippen LogP contribution in [0, 0.1) is 5.82 Å². The molecule has 0 unspecified atom stereocenters. The summed E-state index contributed by atoms with van der Waals surface area (Å²) >= 11 is 12.0. The Morgan fingerprint density at radius 3 is 2.48 bits per heavy atom. The molecule has 1 aliphatic heterocycles. The third kappa shape index (κ3) is 5.55. The molecule has 31 heavy (non-hydrogen) atoms. The summed E-state index contributed by atoms with van der Waals surface area (Å²) in [6.45, 7) is 3.41. The van der Waals surface area contributed by atoms with Crippen LogP contribution in [0.1, 0.15) is 16.1 Å². The van der Waals surface area contributed by atoms with Gasteiger partial charge in [-0.3, -0.25) is 9.69 Å². The molecule has 0 atom stereocenters. The van der Waals surface area contributed by atoms with E-state index in [1.165, 1.54) is 12.1 Å². The highest BCUT2D eigenvalue weighted by atomic mass is 35.5. The molecular formula is C22H21Cl2FN4O2. The lowest BCUT2D eigenvalue weighted by Gasteiger charge is -2.34. The molecule has 1 fully saturated rings. The first-order valence-corrected chi connectivity index (χ1v) is 10.6. The van der Waals surface area contributed by atoms with Crippen molar-refractivity contribution in [2.24, 2.45) is 0 Å². The van der Waals surface area contributed by atoms with E-state index < -0.39 is 0 Å². The molecule has 0 radical (unpaired) electrons. The van der Waals surface area contributed by atoms with Crippen LogP contribution in [-0.2, 0) is 13.3 Å². The summed E-state index contributed by atoms with van der Waals surface area (Å²) < 4.78 is 20.4. The number of halogens is 3. The predicted octanol–water partition coefficient (Wildman–Crippen LogP) is 4.32. The van der Waals surface area contributed by atoms with Crippen molar-refractivity contribution in [3.63, 3.8) is 0 Å². The number of piperazine rings is 1. The van der Waals surface area contributed by atoms with Crippen molar-refractivity contribution in [1.29, 1.82) is 0 Å². The number of nitrogens with zero attached hydrogens (tertiary/aromatic N) is 4. The van der Waals surface area contributed by atoms with E-state index in [9.17, 15) is 9.18 Å². The Morgan fingerprint density at radius 1 is 1.03 bits per heavy atom. The molecule has 1 aromatic heterocycles. The minimum atomic E-state index is -0.345. The molecule has 4 rings (SSSR count). The second kappa shape index (κ2) is 9.68. The number of hydrogen-bond donors (Lipinski definition) is 0. The molecular weight excluding hydrogens is 442 g/mol. The molecule has 6 nitrogen and oxygen atoms in total. The Hall–Kier alpha value is -2.61. The number of aromatic nitrogens is 2. The van der Waals surface area contributed by atoms with Crippen molar-refractivity contribution in [3.8, 4) is 5.75 Å². The van der Waals surface area contributed by atoms with Crippen LogP contribution in [-0.4, -0.2) is 51.7 Å². The Labute approximate surface area is 189 Å². The summed E-state index contributed by atoms with van der Waals surface area (Å²) in [5.41, 5.74) is 1.26. The third-order valence-electron chi connectivity index (χ3n) is 5.11. The fraction of sp³-hybridized carbons (Fsp3) is 0.273. The normalized spacial score (nSPS) is 14.6. The molecule has 0 bridgehead atoms. The standard InChI is InChI=1S/C22H21Cl2FN4O2/c23-17-2-5-19(6-3-17)31-15-29-8-7-21(26-29)22(30)28-11-9-27(10-12-28)14-16-1-4-18(25)13-20(16)24/h1-8,13H,9-12,14-15H2. The highest BCUT2D eigenvalue weighted by Crippen LogP contribution is 2.20. The van der Waals surface area contributed by atoms with Gasteiger partial charge in [0.15, 0.2) is 12.4 Å². The number of carbonyl (C=O) groups excluding carboxylic acids is 1. The number of hydrogen-bond acceptors (Lipinski definition) is 4. The molecule has 0 saturated carbocycles. The van der Waals surface area contributed by atoms with Gasteiger partial charge in [-0.2, -0.15) is 5.10 Å². The van der Waals surface area contributed by atoms with Gasteiger partial charge in [0.2, 0.25) is 0 Å². The maximum Gasteiger partial charge on any atom is 0.274 e. The van der Waals surface area contributed by atoms with E-state index in [-0.39, 0.29) is 18.5 Å². The lowest BCUT2D eigenvalue weighted by atomic mass is 10.2. The SMILES string of the molecule is O=C(c1ccn(COc2ccc(Cl)cc2)n1)N1CCN(Cc2ccc(F)cc2Cl)CC1. The van der Waals surface area contributed by atoms with E-state index in [4.69, 9.17) is 27.9 Å². The van der Waals surface area contributed by atoms with E-state index in [2.05, 4.69) is 10.00 Å². The van der Waals surface area contributed by atoms with Gasteiger partial charge in [0.05, 0.1) is 0 Å². The fourth-order valence-electron chi connectivity index (χ4n) is 3.38. The van der Waals surface area contributed by atoms with Crippen molar-refractivity contribution >= 4 is 29.1 Å². The molecule has 0 spiro atoms. The second-order valence-corrected chi connectivity index (χ2v) is 8.12. The van der Waals surface area contributed by atoms with Gasteiger partial charge in [-0.05, 0) is 48.0 Å². The van der Waals surface area contributed by atoms with E-state index in [0.29, 0.717) is 54.2 Å². The van der Waals surface area contributed by atoms with Crippen LogP contribution in [0.4, 0.5) is 4.39 Å². The molecule has 162 valence electrons. The summed E-state index contributed by atoms with van der Waals surface area (Å²) in [6, 6.07) is 13.2. The highest BCUT2D eigenvalue weighted by Gasteiger charge is 2.24. The van der Waals surface area contributed by atoms with E-state index in [0.717, 1.165) is 5.56 Å². The third-order valence-corrected chi connectivity index (χ3v) is 5.71. The van der Waals surface area contributed by atoms with Gasteiger partial charge in [-0.1, -0.05) is 29.3 Å². The predicted molar refractivity (Wildman–Crippen MR) is 117 cm³/mol. The molecule has 1 aliphatic rings. The average Bonchev–Trinajstić information content (AvgIpc) is 3.24. The first kappa shape index (κ1) is 21.6. The zero-order valence-electron chi connectivity index (χ0n) is 16.7. The molecule has 1 saturated heterocycles. The summed E-state index contributed by atoms with van der Waals surface area (Å²) in [5, 5.41) is 5.39. The summed E-state index contributed by atoms with van der Waals surface area (Å²) in [5.74, 6) is 0.219. The maximum absolute atomic E-state index is 13.2. The lowest BCUT2D eigenvalue weighted by molar-refractivity contribution is 0.0621. The van der Waals surface area contributed by atoms with Crippen LogP contribution in [0.25, 0.3) is 0 Å². The topological polar surface area (TPSA) is 50.6 Å². The highest BCUT2D eigenvalue weighted by molar-refractivity contribution is 6.31. The second-order valence-electron chi connectivity index (χ2n) is 7.27. The van der Waals surface area contributed by atoms with Gasteiger partial charge < -0.3 is 9.64 Å². The largest absolute Gasteiger partial charge is 0.471 e. The minimum Gasteiger partial charge on any atom is -0.471 e. The molecule has 0 aliphatic carbocycles. The van der Waals surface area contributed by atoms with E-state index in [1.807, 2.05) is 0 Å². The summed E-state index contributed by atoms with van der Waals surface area (Å²) in [4.78, 5) is 16.8. The van der Waals surface area contributed by atoms with Crippen molar-refractivity contribution in [2.45, 2.75) is 13.3 Å². The zero-order valence-corrected chi connectivity index (χ0v) is 18.2. The van der Waals surface area contributed by atoms with Crippen LogP contribution in [0.5, 0.6) is 5.75 Å². The monoisotopic (exact) mass is 462 g/mol. The van der Waals surface area contributed by atoms with Gasteiger partial charge in [0.25, 0.3) is 5.91 Å². The van der Waals surface area contributed by atoms with Crippen LogP contribution >= 0.6 is 23.2 Å². The average molecular weight is 463 g/mol. The van der Waals surface area contributed by atoms with Gasteiger partial charge in [-0.15, -0.1) is 0 Å². The van der Waals surface area contributed by atoms with Gasteiger partial charge in [-0.25, -0.2) is 9.07 Å². The Balaban J connectivity index is 1.28. The lowest BCUT2D eigenvalue weighted by Crippen LogP contribution is -2.48.